The van der Waals surface area contributed by atoms with E-state index < -0.39 is 0 Å². The third-order valence-electron chi connectivity index (χ3n) is 4.81. The van der Waals surface area contributed by atoms with Gasteiger partial charge in [-0.3, -0.25) is 9.59 Å². The second-order valence-electron chi connectivity index (χ2n) is 6.50. The summed E-state index contributed by atoms with van der Waals surface area (Å²) in [5.41, 5.74) is 2.12. The van der Waals surface area contributed by atoms with Crippen LogP contribution < -0.4 is 20.3 Å². The van der Waals surface area contributed by atoms with Crippen LogP contribution in [0.3, 0.4) is 0 Å². The van der Waals surface area contributed by atoms with Crippen LogP contribution in [-0.2, 0) is 4.79 Å². The lowest BCUT2D eigenvalue weighted by Gasteiger charge is -2.36. The normalized spacial score (nSPS) is 16.3. The maximum Gasteiger partial charge on any atom is 0.255 e. The molecule has 0 atom stereocenters. The summed E-state index contributed by atoms with van der Waals surface area (Å²) in [6.45, 7) is 2.93. The Kier molecular flexibility index (Phi) is 4.53. The molecular weight excluding hydrogens is 346 g/mol. The molecule has 0 spiro atoms. The van der Waals surface area contributed by atoms with Gasteiger partial charge in [-0.25, -0.2) is 4.98 Å². The molecule has 140 valence electrons. The third kappa shape index (κ3) is 3.51. The topological polar surface area (TPSA) is 86.8 Å². The molecular formula is C19H21N5O3. The molecule has 8 nitrogen and oxygen atoms in total. The zero-order chi connectivity index (χ0) is 18.8. The monoisotopic (exact) mass is 367 g/mol. The van der Waals surface area contributed by atoms with Crippen molar-refractivity contribution < 1.29 is 14.3 Å². The zero-order valence-electron chi connectivity index (χ0n) is 15.1. The van der Waals surface area contributed by atoms with Crippen LogP contribution in [0.25, 0.3) is 0 Å². The van der Waals surface area contributed by atoms with Crippen LogP contribution in [0.4, 0.5) is 17.2 Å². The third-order valence-corrected chi connectivity index (χ3v) is 4.81. The molecule has 2 aliphatic rings. The number of hydrogen-bond donors (Lipinski definition) is 2. The van der Waals surface area contributed by atoms with E-state index in [1.807, 2.05) is 29.2 Å². The number of fused-ring (bicyclic) bond motifs is 1. The number of benzene rings is 1. The van der Waals surface area contributed by atoms with Gasteiger partial charge in [-0.1, -0.05) is 6.07 Å². The summed E-state index contributed by atoms with van der Waals surface area (Å²) in [6.07, 6.45) is 1.56. The molecule has 0 bridgehead atoms. The Morgan fingerprint density at radius 3 is 2.78 bits per heavy atom. The summed E-state index contributed by atoms with van der Waals surface area (Å²) < 4.78 is 5.28. The molecule has 2 amide bonds. The molecule has 1 fully saturated rings. The first-order chi connectivity index (χ1) is 13.1. The minimum atomic E-state index is -0.138. The predicted molar refractivity (Wildman–Crippen MR) is 102 cm³/mol. The van der Waals surface area contributed by atoms with Gasteiger partial charge in [-0.15, -0.1) is 0 Å². The molecule has 0 radical (unpaired) electrons. The maximum atomic E-state index is 12.8. The van der Waals surface area contributed by atoms with Gasteiger partial charge in [0.1, 0.15) is 11.6 Å². The molecule has 27 heavy (non-hydrogen) atoms. The van der Waals surface area contributed by atoms with E-state index >= 15 is 0 Å². The van der Waals surface area contributed by atoms with E-state index in [1.165, 1.54) is 0 Å². The van der Waals surface area contributed by atoms with E-state index in [0.717, 1.165) is 24.5 Å². The number of ether oxygens (including phenoxy) is 1. The van der Waals surface area contributed by atoms with Crippen LogP contribution in [-0.4, -0.2) is 61.5 Å². The summed E-state index contributed by atoms with van der Waals surface area (Å²) in [5, 5.41) is 5.67. The molecule has 3 heterocycles. The number of methoxy groups -OCH3 is 1. The average molecular weight is 367 g/mol. The number of aromatic nitrogens is 1. The molecule has 2 aromatic rings. The highest BCUT2D eigenvalue weighted by molar-refractivity contribution is 6.02. The molecule has 4 rings (SSSR count). The highest BCUT2D eigenvalue weighted by atomic mass is 16.5. The highest BCUT2D eigenvalue weighted by Crippen LogP contribution is 2.25. The van der Waals surface area contributed by atoms with Crippen LogP contribution in [0, 0.1) is 0 Å². The number of nitrogens with zero attached hydrogens (tertiary/aromatic N) is 3. The standard InChI is InChI=1S/C19H21N5O3/c1-27-15-4-2-3-14(10-15)23-5-7-24(8-6-23)19(26)13-9-16-18(20-11-13)21-12-17(25)22-16/h2-4,9-11H,5-8,12H2,1H3,(H,20,21)(H,22,25). The zero-order valence-corrected chi connectivity index (χ0v) is 15.1. The number of hydrogen-bond acceptors (Lipinski definition) is 6. The predicted octanol–water partition coefficient (Wildman–Crippen LogP) is 1.42. The number of rotatable bonds is 3. The van der Waals surface area contributed by atoms with Crippen molar-refractivity contribution in [2.75, 3.05) is 55.4 Å². The molecule has 2 aliphatic heterocycles. The summed E-state index contributed by atoms with van der Waals surface area (Å²) in [4.78, 5) is 32.6. The first kappa shape index (κ1) is 17.1. The van der Waals surface area contributed by atoms with Gasteiger partial charge in [0.2, 0.25) is 5.91 Å². The van der Waals surface area contributed by atoms with Gasteiger partial charge in [0.15, 0.2) is 0 Å². The first-order valence-corrected chi connectivity index (χ1v) is 8.86. The molecule has 8 heteroatoms. The van der Waals surface area contributed by atoms with Crippen LogP contribution in [0.5, 0.6) is 5.75 Å². The number of amides is 2. The lowest BCUT2D eigenvalue weighted by Crippen LogP contribution is -2.48. The van der Waals surface area contributed by atoms with Crippen LogP contribution in [0.1, 0.15) is 10.4 Å². The van der Waals surface area contributed by atoms with Gasteiger partial charge >= 0.3 is 0 Å². The van der Waals surface area contributed by atoms with Crippen molar-refractivity contribution in [3.8, 4) is 5.75 Å². The minimum absolute atomic E-state index is 0.0737. The summed E-state index contributed by atoms with van der Waals surface area (Å²) in [5.74, 6) is 1.20. The van der Waals surface area contributed by atoms with Gasteiger partial charge in [0.05, 0.1) is 24.9 Å². The quantitative estimate of drug-likeness (QED) is 0.853. The smallest absolute Gasteiger partial charge is 0.255 e. The Labute approximate surface area is 157 Å². The van der Waals surface area contributed by atoms with E-state index in [2.05, 4.69) is 20.5 Å². The Balaban J connectivity index is 1.43. The van der Waals surface area contributed by atoms with Crippen LogP contribution in [0.2, 0.25) is 0 Å². The number of pyridine rings is 1. The second kappa shape index (κ2) is 7.14. The first-order valence-electron chi connectivity index (χ1n) is 8.86. The number of nitrogens with one attached hydrogen (secondary N) is 2. The largest absolute Gasteiger partial charge is 0.497 e. The van der Waals surface area contributed by atoms with Gasteiger partial charge in [0, 0.05) is 44.1 Å². The molecule has 0 saturated carbocycles. The van der Waals surface area contributed by atoms with E-state index in [4.69, 9.17) is 4.74 Å². The minimum Gasteiger partial charge on any atom is -0.497 e. The number of anilines is 3. The summed E-state index contributed by atoms with van der Waals surface area (Å²) in [6, 6.07) is 9.61. The van der Waals surface area contributed by atoms with Crippen molar-refractivity contribution in [2.45, 2.75) is 0 Å². The summed E-state index contributed by atoms with van der Waals surface area (Å²) >= 11 is 0. The van der Waals surface area contributed by atoms with Crippen molar-refractivity contribution in [3.05, 3.63) is 42.1 Å². The molecule has 0 aliphatic carbocycles. The fourth-order valence-corrected chi connectivity index (χ4v) is 3.33. The Hall–Kier alpha value is -3.29. The Morgan fingerprint density at radius 2 is 2.00 bits per heavy atom. The van der Waals surface area contributed by atoms with Gasteiger partial charge < -0.3 is 25.2 Å². The van der Waals surface area contributed by atoms with Gasteiger partial charge in [-0.2, -0.15) is 0 Å². The lowest BCUT2D eigenvalue weighted by atomic mass is 10.1. The van der Waals surface area contributed by atoms with E-state index in [0.29, 0.717) is 30.2 Å². The van der Waals surface area contributed by atoms with E-state index in [-0.39, 0.29) is 18.4 Å². The van der Waals surface area contributed by atoms with Crippen molar-refractivity contribution in [1.82, 2.24) is 9.88 Å². The van der Waals surface area contributed by atoms with Crippen molar-refractivity contribution in [1.29, 1.82) is 0 Å². The van der Waals surface area contributed by atoms with Crippen molar-refractivity contribution in [2.24, 2.45) is 0 Å². The van der Waals surface area contributed by atoms with E-state index in [9.17, 15) is 9.59 Å². The number of carbonyl (C=O) groups is 2. The van der Waals surface area contributed by atoms with Crippen LogP contribution in [0.15, 0.2) is 36.5 Å². The molecule has 1 saturated heterocycles. The van der Waals surface area contributed by atoms with Gasteiger partial charge in [0.25, 0.3) is 5.91 Å². The highest BCUT2D eigenvalue weighted by Gasteiger charge is 2.24. The SMILES string of the molecule is COc1cccc(N2CCN(C(=O)c3cnc4c(c3)NC(=O)CN4)CC2)c1. The van der Waals surface area contributed by atoms with Crippen molar-refractivity contribution >= 4 is 29.0 Å². The average Bonchev–Trinajstić information content (AvgIpc) is 2.73. The van der Waals surface area contributed by atoms with Crippen LogP contribution >= 0.6 is 0 Å². The Morgan fingerprint density at radius 1 is 1.19 bits per heavy atom. The van der Waals surface area contributed by atoms with Crippen molar-refractivity contribution in [3.63, 3.8) is 0 Å². The number of piperazine rings is 1. The molecule has 0 unspecified atom stereocenters. The fourth-order valence-electron chi connectivity index (χ4n) is 3.33. The fraction of sp³-hybridized carbons (Fsp3) is 0.316. The number of carbonyl (C=O) groups excluding carboxylic acids is 2. The molecule has 1 aromatic carbocycles. The Bertz CT molecular complexity index is 877. The second-order valence-corrected chi connectivity index (χ2v) is 6.50. The lowest BCUT2D eigenvalue weighted by molar-refractivity contribution is -0.114. The summed E-state index contributed by atoms with van der Waals surface area (Å²) in [7, 11) is 1.65. The molecule has 2 N–H and O–H groups in total. The maximum absolute atomic E-state index is 12.8. The molecule has 1 aromatic heterocycles. The van der Waals surface area contributed by atoms with E-state index in [1.54, 1.807) is 19.4 Å². The van der Waals surface area contributed by atoms with Gasteiger partial charge in [-0.05, 0) is 18.2 Å².